The van der Waals surface area contributed by atoms with Crippen molar-refractivity contribution in [1.29, 1.82) is 0 Å². The molecular weight excluding hydrogens is 190 g/mol. The molecule has 0 aliphatic heterocycles. The molecule has 0 fully saturated rings. The lowest BCUT2D eigenvalue weighted by atomic mass is 10.3. The van der Waals surface area contributed by atoms with E-state index in [9.17, 15) is 13.6 Å². The van der Waals surface area contributed by atoms with Crippen molar-refractivity contribution in [3.63, 3.8) is 0 Å². The number of anilines is 1. The summed E-state index contributed by atoms with van der Waals surface area (Å²) in [4.78, 5) is 12.7. The number of aromatic amines is 1. The van der Waals surface area contributed by atoms with Gasteiger partial charge in [-0.2, -0.15) is 0 Å². The highest BCUT2D eigenvalue weighted by atomic mass is 35.5. The van der Waals surface area contributed by atoms with E-state index in [0.29, 0.717) is 0 Å². The van der Waals surface area contributed by atoms with E-state index < -0.39 is 17.7 Å². The van der Waals surface area contributed by atoms with Gasteiger partial charge in [0.2, 0.25) is 0 Å². The lowest BCUT2D eigenvalue weighted by molar-refractivity contribution is 0.146. The van der Waals surface area contributed by atoms with Crippen LogP contribution in [0.2, 0.25) is 5.02 Å². The molecule has 3 nitrogen and oxygen atoms in total. The van der Waals surface area contributed by atoms with E-state index in [0.717, 1.165) is 6.07 Å². The number of halogens is 3. The van der Waals surface area contributed by atoms with E-state index in [2.05, 4.69) is 0 Å². The highest BCUT2D eigenvalue weighted by Gasteiger charge is 2.11. The first kappa shape index (κ1) is 8.99. The average molecular weight is 195 g/mol. The van der Waals surface area contributed by atoms with E-state index >= 15 is 0 Å². The minimum atomic E-state index is -2.75. The number of pyridine rings is 1. The van der Waals surface area contributed by atoms with Gasteiger partial charge in [-0.15, -0.1) is 0 Å². The Morgan fingerprint density at radius 3 is 2.58 bits per heavy atom. The first-order valence-corrected chi connectivity index (χ1v) is 3.36. The van der Waals surface area contributed by atoms with Crippen LogP contribution in [0.1, 0.15) is 12.1 Å². The molecule has 0 radical (unpaired) electrons. The molecular formula is C6H5ClF2N2O. The maximum absolute atomic E-state index is 12.0. The van der Waals surface area contributed by atoms with Crippen molar-refractivity contribution in [2.75, 3.05) is 5.73 Å². The Kier molecular flexibility index (Phi) is 2.32. The molecule has 12 heavy (non-hydrogen) atoms. The van der Waals surface area contributed by atoms with E-state index in [4.69, 9.17) is 17.3 Å². The zero-order chi connectivity index (χ0) is 9.30. The van der Waals surface area contributed by atoms with E-state index in [1.54, 1.807) is 0 Å². The number of alkyl halides is 2. The molecule has 0 unspecified atom stereocenters. The van der Waals surface area contributed by atoms with Gasteiger partial charge in [0.25, 0.3) is 12.0 Å². The average Bonchev–Trinajstić information content (AvgIpc) is 1.99. The SMILES string of the molecule is Nc1cc(C(F)F)[nH]c(=O)c1Cl. The van der Waals surface area contributed by atoms with Crippen LogP contribution in [-0.4, -0.2) is 4.98 Å². The molecule has 66 valence electrons. The molecule has 0 saturated carbocycles. The largest absolute Gasteiger partial charge is 0.397 e. The Morgan fingerprint density at radius 1 is 1.58 bits per heavy atom. The van der Waals surface area contributed by atoms with Gasteiger partial charge in [-0.25, -0.2) is 8.78 Å². The zero-order valence-corrected chi connectivity index (χ0v) is 6.53. The van der Waals surface area contributed by atoms with Crippen LogP contribution in [0.5, 0.6) is 0 Å². The molecule has 6 heteroatoms. The van der Waals surface area contributed by atoms with Crippen LogP contribution in [0.25, 0.3) is 0 Å². The summed E-state index contributed by atoms with van der Waals surface area (Å²) in [5, 5.41) is -0.264. The van der Waals surface area contributed by atoms with E-state index in [1.807, 2.05) is 4.98 Å². The number of hydrogen-bond donors (Lipinski definition) is 2. The van der Waals surface area contributed by atoms with Gasteiger partial charge in [0.15, 0.2) is 0 Å². The van der Waals surface area contributed by atoms with Gasteiger partial charge in [0.1, 0.15) is 5.02 Å². The number of rotatable bonds is 1. The lowest BCUT2D eigenvalue weighted by Crippen LogP contribution is -2.11. The molecule has 1 aromatic rings. The van der Waals surface area contributed by atoms with Crippen LogP contribution in [0, 0.1) is 0 Å². The zero-order valence-electron chi connectivity index (χ0n) is 5.77. The summed E-state index contributed by atoms with van der Waals surface area (Å²) in [6, 6.07) is 0.939. The third-order valence-corrected chi connectivity index (χ3v) is 1.65. The maximum atomic E-state index is 12.0. The molecule has 0 aliphatic carbocycles. The third kappa shape index (κ3) is 1.55. The fraction of sp³-hybridized carbons (Fsp3) is 0.167. The van der Waals surface area contributed by atoms with Crippen LogP contribution < -0.4 is 11.3 Å². The Bertz CT molecular complexity index is 350. The standard InChI is InChI=1S/C6H5ClF2N2O/c7-4-2(10)1-3(5(8)9)11-6(4)12/h1,5H,(H3,10,11,12). The second kappa shape index (κ2) is 3.10. The molecule has 0 amide bonds. The topological polar surface area (TPSA) is 58.9 Å². The summed E-state index contributed by atoms with van der Waals surface area (Å²) < 4.78 is 24.0. The normalized spacial score (nSPS) is 10.7. The molecule has 0 aliphatic rings. The minimum Gasteiger partial charge on any atom is -0.397 e. The van der Waals surface area contributed by atoms with E-state index in [1.165, 1.54) is 0 Å². The van der Waals surface area contributed by atoms with Crippen LogP contribution in [-0.2, 0) is 0 Å². The summed E-state index contributed by atoms with van der Waals surface area (Å²) >= 11 is 5.34. The summed E-state index contributed by atoms with van der Waals surface area (Å²) in [6.45, 7) is 0. The molecule has 0 spiro atoms. The van der Waals surface area contributed by atoms with Gasteiger partial charge in [0, 0.05) is 0 Å². The highest BCUT2D eigenvalue weighted by molar-refractivity contribution is 6.32. The smallest absolute Gasteiger partial charge is 0.278 e. The van der Waals surface area contributed by atoms with Crippen LogP contribution in [0.3, 0.4) is 0 Å². The Labute approximate surface area is 71.2 Å². The quantitative estimate of drug-likeness (QED) is 0.713. The summed E-state index contributed by atoms with van der Waals surface area (Å²) in [6.07, 6.45) is -2.75. The van der Waals surface area contributed by atoms with Crippen molar-refractivity contribution in [3.05, 3.63) is 27.1 Å². The first-order chi connectivity index (χ1) is 5.52. The molecule has 0 saturated heterocycles. The fourth-order valence-corrected chi connectivity index (χ4v) is 0.803. The summed E-state index contributed by atoms with van der Waals surface area (Å²) in [7, 11) is 0. The Balaban J connectivity index is 3.31. The Morgan fingerprint density at radius 2 is 2.17 bits per heavy atom. The summed E-state index contributed by atoms with van der Waals surface area (Å²) in [5.74, 6) is 0. The molecule has 1 aromatic heterocycles. The predicted molar refractivity (Wildman–Crippen MR) is 41.4 cm³/mol. The van der Waals surface area contributed by atoms with Crippen molar-refractivity contribution < 1.29 is 8.78 Å². The third-order valence-electron chi connectivity index (χ3n) is 1.26. The van der Waals surface area contributed by atoms with Crippen molar-refractivity contribution in [2.24, 2.45) is 0 Å². The minimum absolute atomic E-state index is 0.143. The van der Waals surface area contributed by atoms with Gasteiger partial charge in [-0.05, 0) is 6.07 Å². The van der Waals surface area contributed by atoms with Crippen LogP contribution in [0.4, 0.5) is 14.5 Å². The second-order valence-electron chi connectivity index (χ2n) is 2.12. The fourth-order valence-electron chi connectivity index (χ4n) is 0.702. The predicted octanol–water partition coefficient (Wildman–Crippen LogP) is 1.55. The molecule has 1 rings (SSSR count). The van der Waals surface area contributed by atoms with Crippen LogP contribution >= 0.6 is 11.6 Å². The van der Waals surface area contributed by atoms with Crippen molar-refractivity contribution in [3.8, 4) is 0 Å². The van der Waals surface area contributed by atoms with Gasteiger partial charge in [-0.3, -0.25) is 4.79 Å². The molecule has 3 N–H and O–H groups in total. The number of nitrogens with one attached hydrogen (secondary N) is 1. The van der Waals surface area contributed by atoms with Gasteiger partial charge in [0.05, 0.1) is 11.4 Å². The first-order valence-electron chi connectivity index (χ1n) is 2.98. The molecule has 0 atom stereocenters. The van der Waals surface area contributed by atoms with Gasteiger partial charge < -0.3 is 10.7 Å². The maximum Gasteiger partial charge on any atom is 0.278 e. The summed E-state index contributed by atoms with van der Waals surface area (Å²) in [5.41, 5.74) is 3.71. The Hall–Kier alpha value is -1.10. The second-order valence-corrected chi connectivity index (χ2v) is 2.50. The van der Waals surface area contributed by atoms with Crippen molar-refractivity contribution in [1.82, 2.24) is 4.98 Å². The number of H-pyrrole nitrogens is 1. The van der Waals surface area contributed by atoms with Crippen molar-refractivity contribution in [2.45, 2.75) is 6.43 Å². The van der Waals surface area contributed by atoms with E-state index in [-0.39, 0.29) is 10.7 Å². The highest BCUT2D eigenvalue weighted by Crippen LogP contribution is 2.20. The van der Waals surface area contributed by atoms with Gasteiger partial charge >= 0.3 is 0 Å². The molecule has 0 bridgehead atoms. The number of nitrogens with two attached hydrogens (primary N) is 1. The van der Waals surface area contributed by atoms with Crippen molar-refractivity contribution >= 4 is 17.3 Å². The lowest BCUT2D eigenvalue weighted by Gasteiger charge is -2.01. The molecule has 1 heterocycles. The van der Waals surface area contributed by atoms with Crippen LogP contribution in [0.15, 0.2) is 10.9 Å². The number of hydrogen-bond acceptors (Lipinski definition) is 2. The van der Waals surface area contributed by atoms with Gasteiger partial charge in [-0.1, -0.05) is 11.6 Å². The number of aromatic nitrogens is 1. The number of nitrogen functional groups attached to an aromatic ring is 1. The monoisotopic (exact) mass is 194 g/mol. The molecule has 0 aromatic carbocycles.